The molecule has 7 heteroatoms. The quantitative estimate of drug-likeness (QED) is 0.763. The summed E-state index contributed by atoms with van der Waals surface area (Å²) in [4.78, 5) is 25.3. The average molecular weight is 357 g/mol. The van der Waals surface area contributed by atoms with Crippen molar-refractivity contribution in [2.75, 3.05) is 0 Å². The smallest absolute Gasteiger partial charge is 0.267 e. The van der Waals surface area contributed by atoms with Crippen molar-refractivity contribution in [1.29, 1.82) is 0 Å². The molecule has 1 atom stereocenters. The summed E-state index contributed by atoms with van der Waals surface area (Å²) in [5, 5.41) is 8.85. The number of nitrogens with one attached hydrogen (secondary N) is 1. The summed E-state index contributed by atoms with van der Waals surface area (Å²) in [6, 6.07) is 12.2. The number of hydrogen-bond donors (Lipinski definition) is 1. The Labute approximate surface area is 147 Å². The summed E-state index contributed by atoms with van der Waals surface area (Å²) in [7, 11) is 0. The molecule has 0 bridgehead atoms. The van der Waals surface area contributed by atoms with Crippen LogP contribution in [0.5, 0.6) is 0 Å². The SMILES string of the molecule is CC(C(=O)NCc1ccccc1F)n1nc(-c2cccs2)ccc1=O. The molecule has 0 aliphatic rings. The van der Waals surface area contributed by atoms with Gasteiger partial charge in [-0.05, 0) is 30.5 Å². The molecule has 0 saturated carbocycles. The standard InChI is InChI=1S/C18H16FN3O2S/c1-12(18(24)20-11-13-5-2-3-6-14(13)19)22-17(23)9-8-15(21-22)16-7-4-10-25-16/h2-10,12H,11H2,1H3,(H,20,24). The summed E-state index contributed by atoms with van der Waals surface area (Å²) >= 11 is 1.50. The van der Waals surface area contributed by atoms with Crippen molar-refractivity contribution in [2.45, 2.75) is 19.5 Å². The van der Waals surface area contributed by atoms with Gasteiger partial charge in [0.15, 0.2) is 0 Å². The van der Waals surface area contributed by atoms with Crippen molar-refractivity contribution in [1.82, 2.24) is 15.1 Å². The Bertz CT molecular complexity index is 937. The highest BCUT2D eigenvalue weighted by Crippen LogP contribution is 2.21. The molecule has 0 radical (unpaired) electrons. The molecule has 25 heavy (non-hydrogen) atoms. The largest absolute Gasteiger partial charge is 0.350 e. The van der Waals surface area contributed by atoms with Crippen LogP contribution in [0.3, 0.4) is 0 Å². The second-order valence-corrected chi connectivity index (χ2v) is 6.41. The van der Waals surface area contributed by atoms with Gasteiger partial charge in [0.25, 0.3) is 5.56 Å². The number of carbonyl (C=O) groups excluding carboxylic acids is 1. The van der Waals surface area contributed by atoms with Crippen molar-refractivity contribution >= 4 is 17.2 Å². The fourth-order valence-electron chi connectivity index (χ4n) is 2.34. The van der Waals surface area contributed by atoms with Crippen molar-refractivity contribution in [3.63, 3.8) is 0 Å². The summed E-state index contributed by atoms with van der Waals surface area (Å²) in [6.07, 6.45) is 0. The number of carbonyl (C=O) groups is 1. The van der Waals surface area contributed by atoms with Crippen LogP contribution in [0.4, 0.5) is 4.39 Å². The van der Waals surface area contributed by atoms with Gasteiger partial charge in [-0.1, -0.05) is 24.3 Å². The van der Waals surface area contributed by atoms with Crippen molar-refractivity contribution in [3.8, 4) is 10.6 Å². The molecule has 0 fully saturated rings. The number of amides is 1. The number of hydrogen-bond acceptors (Lipinski definition) is 4. The van der Waals surface area contributed by atoms with Gasteiger partial charge in [0.1, 0.15) is 17.6 Å². The summed E-state index contributed by atoms with van der Waals surface area (Å²) in [5.41, 5.74) is 0.646. The molecule has 2 heterocycles. The maximum absolute atomic E-state index is 13.6. The van der Waals surface area contributed by atoms with E-state index >= 15 is 0 Å². The first kappa shape index (κ1) is 17.0. The van der Waals surface area contributed by atoms with Crippen molar-refractivity contribution in [2.24, 2.45) is 0 Å². The number of halogens is 1. The lowest BCUT2D eigenvalue weighted by Crippen LogP contribution is -2.36. The van der Waals surface area contributed by atoms with Gasteiger partial charge in [-0.3, -0.25) is 9.59 Å². The third kappa shape index (κ3) is 3.83. The summed E-state index contributed by atoms with van der Waals surface area (Å²) in [5.74, 6) is -0.786. The average Bonchev–Trinajstić information content (AvgIpc) is 3.15. The van der Waals surface area contributed by atoms with E-state index in [0.29, 0.717) is 11.3 Å². The molecule has 0 saturated heterocycles. The fourth-order valence-corrected chi connectivity index (χ4v) is 3.03. The molecule has 1 amide bonds. The van der Waals surface area contributed by atoms with Crippen LogP contribution in [0.25, 0.3) is 10.6 Å². The summed E-state index contributed by atoms with van der Waals surface area (Å²) in [6.45, 7) is 1.64. The van der Waals surface area contributed by atoms with Gasteiger partial charge < -0.3 is 5.32 Å². The monoisotopic (exact) mass is 357 g/mol. The Morgan fingerprint density at radius 1 is 1.24 bits per heavy atom. The van der Waals surface area contributed by atoms with Gasteiger partial charge in [-0.25, -0.2) is 9.07 Å². The van der Waals surface area contributed by atoms with E-state index in [4.69, 9.17) is 0 Å². The topological polar surface area (TPSA) is 64.0 Å². The Morgan fingerprint density at radius 2 is 2.04 bits per heavy atom. The van der Waals surface area contributed by atoms with E-state index in [1.54, 1.807) is 31.2 Å². The van der Waals surface area contributed by atoms with E-state index in [9.17, 15) is 14.0 Å². The van der Waals surface area contributed by atoms with Crippen LogP contribution in [-0.2, 0) is 11.3 Å². The van der Waals surface area contributed by atoms with E-state index in [-0.39, 0.29) is 17.9 Å². The molecule has 3 aromatic rings. The maximum atomic E-state index is 13.6. The number of benzene rings is 1. The Balaban J connectivity index is 1.77. The van der Waals surface area contributed by atoms with Gasteiger partial charge in [0, 0.05) is 18.2 Å². The minimum absolute atomic E-state index is 0.0508. The van der Waals surface area contributed by atoms with E-state index < -0.39 is 11.9 Å². The first-order chi connectivity index (χ1) is 12.1. The maximum Gasteiger partial charge on any atom is 0.267 e. The van der Waals surface area contributed by atoms with Crippen LogP contribution in [0.1, 0.15) is 18.5 Å². The van der Waals surface area contributed by atoms with Gasteiger partial charge in [-0.15, -0.1) is 11.3 Å². The predicted molar refractivity (Wildman–Crippen MR) is 94.8 cm³/mol. The van der Waals surface area contributed by atoms with Crippen LogP contribution in [0, 0.1) is 5.82 Å². The molecule has 1 unspecified atom stereocenters. The number of rotatable bonds is 5. The highest BCUT2D eigenvalue weighted by Gasteiger charge is 2.18. The second kappa shape index (κ2) is 7.40. The van der Waals surface area contributed by atoms with Crippen LogP contribution >= 0.6 is 11.3 Å². The highest BCUT2D eigenvalue weighted by molar-refractivity contribution is 7.13. The lowest BCUT2D eigenvalue weighted by molar-refractivity contribution is -0.124. The third-order valence-corrected chi connectivity index (χ3v) is 4.65. The predicted octanol–water partition coefficient (Wildman–Crippen LogP) is 2.99. The fraction of sp³-hybridized carbons (Fsp3) is 0.167. The molecule has 0 spiro atoms. The molecule has 3 rings (SSSR count). The normalized spacial score (nSPS) is 11.9. The van der Waals surface area contributed by atoms with E-state index in [0.717, 1.165) is 9.56 Å². The second-order valence-electron chi connectivity index (χ2n) is 5.46. The number of thiophene rings is 1. The minimum Gasteiger partial charge on any atom is -0.350 e. The third-order valence-electron chi connectivity index (χ3n) is 3.76. The van der Waals surface area contributed by atoms with E-state index in [1.165, 1.54) is 23.5 Å². The Hall–Kier alpha value is -2.80. The molecule has 128 valence electrons. The Kier molecular flexibility index (Phi) is 5.04. The molecule has 1 aromatic carbocycles. The summed E-state index contributed by atoms with van der Waals surface area (Å²) < 4.78 is 14.8. The number of aromatic nitrogens is 2. The zero-order valence-corrected chi connectivity index (χ0v) is 14.3. The number of nitrogens with zero attached hydrogens (tertiary/aromatic N) is 2. The molecule has 2 aromatic heterocycles. The Morgan fingerprint density at radius 3 is 2.76 bits per heavy atom. The molecule has 5 nitrogen and oxygen atoms in total. The lowest BCUT2D eigenvalue weighted by Gasteiger charge is -2.15. The van der Waals surface area contributed by atoms with Crippen LogP contribution in [-0.4, -0.2) is 15.7 Å². The van der Waals surface area contributed by atoms with Gasteiger partial charge in [0.2, 0.25) is 5.91 Å². The minimum atomic E-state index is -0.806. The first-order valence-electron chi connectivity index (χ1n) is 7.71. The molecule has 0 aliphatic carbocycles. The van der Waals surface area contributed by atoms with Gasteiger partial charge in [0.05, 0.1) is 4.88 Å². The van der Waals surface area contributed by atoms with Crippen molar-refractivity contribution in [3.05, 3.63) is 75.6 Å². The zero-order valence-electron chi connectivity index (χ0n) is 13.5. The van der Waals surface area contributed by atoms with Crippen molar-refractivity contribution < 1.29 is 9.18 Å². The molecule has 1 N–H and O–H groups in total. The van der Waals surface area contributed by atoms with Crippen LogP contribution in [0.15, 0.2) is 58.7 Å². The van der Waals surface area contributed by atoms with E-state index in [1.807, 2.05) is 17.5 Å². The molecule has 0 aliphatic heterocycles. The lowest BCUT2D eigenvalue weighted by atomic mass is 10.2. The zero-order chi connectivity index (χ0) is 17.8. The molecular formula is C18H16FN3O2S. The first-order valence-corrected chi connectivity index (χ1v) is 8.59. The van der Waals surface area contributed by atoms with Gasteiger partial charge >= 0.3 is 0 Å². The van der Waals surface area contributed by atoms with E-state index in [2.05, 4.69) is 10.4 Å². The van der Waals surface area contributed by atoms with Gasteiger partial charge in [-0.2, -0.15) is 5.10 Å². The van der Waals surface area contributed by atoms with Crippen LogP contribution in [0.2, 0.25) is 0 Å². The highest BCUT2D eigenvalue weighted by atomic mass is 32.1. The molecular weight excluding hydrogens is 341 g/mol. The van der Waals surface area contributed by atoms with Crippen LogP contribution < -0.4 is 10.9 Å².